The van der Waals surface area contributed by atoms with Crippen molar-refractivity contribution in [1.29, 1.82) is 0 Å². The molecule has 0 radical (unpaired) electrons. The Bertz CT molecular complexity index is 422. The van der Waals surface area contributed by atoms with Gasteiger partial charge in [-0.05, 0) is 33.1 Å². The molecule has 0 aliphatic heterocycles. The van der Waals surface area contributed by atoms with Gasteiger partial charge in [-0.1, -0.05) is 31.5 Å². The van der Waals surface area contributed by atoms with Crippen molar-refractivity contribution >= 4 is 17.7 Å². The third-order valence-corrected chi connectivity index (χ3v) is 4.24. The van der Waals surface area contributed by atoms with Gasteiger partial charge in [-0.25, -0.2) is 0 Å². The lowest BCUT2D eigenvalue weighted by atomic mass is 10.4. The summed E-state index contributed by atoms with van der Waals surface area (Å²) >= 11 is 1.76. The number of hydrogen-bond acceptors (Lipinski definition) is 6. The van der Waals surface area contributed by atoms with Crippen LogP contribution in [0.2, 0.25) is 0 Å². The van der Waals surface area contributed by atoms with E-state index in [0.717, 1.165) is 18.1 Å². The van der Waals surface area contributed by atoms with Crippen molar-refractivity contribution in [3.8, 4) is 6.01 Å². The van der Waals surface area contributed by atoms with Crippen molar-refractivity contribution in [3.05, 3.63) is 0 Å². The molecule has 0 unspecified atom stereocenters. The first-order valence-corrected chi connectivity index (χ1v) is 8.38. The number of aromatic nitrogens is 3. The Balaban J connectivity index is 2.10. The smallest absolute Gasteiger partial charge is 0.322 e. The number of hydrogen-bond donors (Lipinski definition) is 1. The highest BCUT2D eigenvalue weighted by atomic mass is 32.2. The van der Waals surface area contributed by atoms with E-state index in [1.807, 2.05) is 13.8 Å². The number of nitrogens with one attached hydrogen (secondary N) is 1. The maximum absolute atomic E-state index is 5.62. The van der Waals surface area contributed by atoms with E-state index in [-0.39, 0.29) is 6.10 Å². The first-order chi connectivity index (χ1) is 9.67. The van der Waals surface area contributed by atoms with E-state index in [1.165, 1.54) is 25.7 Å². The van der Waals surface area contributed by atoms with Crippen LogP contribution in [0, 0.1) is 0 Å². The summed E-state index contributed by atoms with van der Waals surface area (Å²) in [5.41, 5.74) is 0. The molecule has 2 rings (SSSR count). The molecule has 6 heteroatoms. The number of thioether (sulfide) groups is 1. The van der Waals surface area contributed by atoms with Crippen LogP contribution in [0.25, 0.3) is 0 Å². The molecule has 1 aliphatic rings. The van der Waals surface area contributed by atoms with E-state index in [9.17, 15) is 0 Å². The van der Waals surface area contributed by atoms with Crippen LogP contribution in [-0.4, -0.2) is 32.9 Å². The van der Waals surface area contributed by atoms with Gasteiger partial charge in [-0.2, -0.15) is 15.0 Å². The molecule has 1 aromatic rings. The van der Waals surface area contributed by atoms with Gasteiger partial charge in [0.1, 0.15) is 0 Å². The Labute approximate surface area is 125 Å². The summed E-state index contributed by atoms with van der Waals surface area (Å²) in [6.45, 7) is 6.94. The van der Waals surface area contributed by atoms with Crippen LogP contribution in [0.15, 0.2) is 5.16 Å². The van der Waals surface area contributed by atoms with Crippen molar-refractivity contribution in [2.45, 2.75) is 69.4 Å². The molecule has 0 amide bonds. The maximum atomic E-state index is 5.62. The van der Waals surface area contributed by atoms with Crippen molar-refractivity contribution in [2.24, 2.45) is 0 Å². The first-order valence-electron chi connectivity index (χ1n) is 7.50. The third kappa shape index (κ3) is 4.81. The van der Waals surface area contributed by atoms with E-state index in [4.69, 9.17) is 4.74 Å². The summed E-state index contributed by atoms with van der Waals surface area (Å²) in [6.07, 6.45) is 6.26. The van der Waals surface area contributed by atoms with Crippen LogP contribution < -0.4 is 10.1 Å². The van der Waals surface area contributed by atoms with Gasteiger partial charge in [-0.3, -0.25) is 0 Å². The lowest BCUT2D eigenvalue weighted by molar-refractivity contribution is 0.219. The van der Waals surface area contributed by atoms with Gasteiger partial charge in [0.25, 0.3) is 0 Å². The monoisotopic (exact) mass is 296 g/mol. The van der Waals surface area contributed by atoms with Crippen LogP contribution in [0.5, 0.6) is 6.01 Å². The summed E-state index contributed by atoms with van der Waals surface area (Å²) in [4.78, 5) is 13.2. The number of rotatable bonds is 7. The lowest BCUT2D eigenvalue weighted by Crippen LogP contribution is -2.13. The van der Waals surface area contributed by atoms with E-state index in [2.05, 4.69) is 27.2 Å². The molecule has 0 saturated heterocycles. The quantitative estimate of drug-likeness (QED) is 0.831. The molecule has 0 spiro atoms. The second-order valence-electron chi connectivity index (χ2n) is 5.34. The van der Waals surface area contributed by atoms with Gasteiger partial charge in [0, 0.05) is 11.8 Å². The number of ether oxygens (including phenoxy) is 1. The molecule has 1 N–H and O–H groups in total. The molecular weight excluding hydrogens is 272 g/mol. The molecule has 112 valence electrons. The SMILES string of the molecule is CCCNc1nc(OC(C)C)nc(SC2CCCC2)n1. The fourth-order valence-electron chi connectivity index (χ4n) is 2.13. The standard InChI is InChI=1S/C14H24N4OS/c1-4-9-15-12-16-13(19-10(2)3)18-14(17-12)20-11-7-5-6-8-11/h10-11H,4-9H2,1-3H3,(H,15,16,17,18). The number of anilines is 1. The average Bonchev–Trinajstić information content (AvgIpc) is 2.88. The zero-order valence-corrected chi connectivity index (χ0v) is 13.4. The molecule has 0 bridgehead atoms. The van der Waals surface area contributed by atoms with Gasteiger partial charge in [-0.15, -0.1) is 0 Å². The molecule has 0 aromatic carbocycles. The predicted octanol–water partition coefficient (Wildman–Crippen LogP) is 3.52. The van der Waals surface area contributed by atoms with E-state index >= 15 is 0 Å². The highest BCUT2D eigenvalue weighted by Crippen LogP contribution is 2.33. The second kappa shape index (κ2) is 7.67. The Morgan fingerprint density at radius 3 is 2.65 bits per heavy atom. The lowest BCUT2D eigenvalue weighted by Gasteiger charge is -2.12. The summed E-state index contributed by atoms with van der Waals surface area (Å²) in [6, 6.07) is 0.425. The Morgan fingerprint density at radius 1 is 1.25 bits per heavy atom. The highest BCUT2D eigenvalue weighted by Gasteiger charge is 2.19. The maximum Gasteiger partial charge on any atom is 0.322 e. The molecule has 20 heavy (non-hydrogen) atoms. The molecule has 1 aromatic heterocycles. The van der Waals surface area contributed by atoms with Crippen LogP contribution in [-0.2, 0) is 0 Å². The van der Waals surface area contributed by atoms with Gasteiger partial charge in [0.05, 0.1) is 6.10 Å². The van der Waals surface area contributed by atoms with Gasteiger partial charge in [0.15, 0.2) is 5.16 Å². The molecule has 1 heterocycles. The molecular formula is C14H24N4OS. The van der Waals surface area contributed by atoms with Gasteiger partial charge >= 0.3 is 6.01 Å². The van der Waals surface area contributed by atoms with Crippen LogP contribution >= 0.6 is 11.8 Å². The van der Waals surface area contributed by atoms with Crippen LogP contribution in [0.4, 0.5) is 5.95 Å². The fourth-order valence-corrected chi connectivity index (χ4v) is 3.26. The zero-order chi connectivity index (χ0) is 14.4. The predicted molar refractivity (Wildman–Crippen MR) is 82.5 cm³/mol. The van der Waals surface area contributed by atoms with E-state index in [0.29, 0.717) is 17.2 Å². The van der Waals surface area contributed by atoms with Gasteiger partial charge < -0.3 is 10.1 Å². The van der Waals surface area contributed by atoms with Crippen molar-refractivity contribution in [2.75, 3.05) is 11.9 Å². The summed E-state index contributed by atoms with van der Waals surface area (Å²) in [5.74, 6) is 0.623. The van der Waals surface area contributed by atoms with E-state index in [1.54, 1.807) is 11.8 Å². The van der Waals surface area contributed by atoms with Crippen LogP contribution in [0.1, 0.15) is 52.9 Å². The number of nitrogens with zero attached hydrogens (tertiary/aromatic N) is 3. The fraction of sp³-hybridized carbons (Fsp3) is 0.786. The normalized spacial score (nSPS) is 15.8. The largest absolute Gasteiger partial charge is 0.461 e. The van der Waals surface area contributed by atoms with E-state index < -0.39 is 0 Å². The van der Waals surface area contributed by atoms with Crippen molar-refractivity contribution in [1.82, 2.24) is 15.0 Å². The second-order valence-corrected chi connectivity index (χ2v) is 6.61. The van der Waals surface area contributed by atoms with Crippen molar-refractivity contribution in [3.63, 3.8) is 0 Å². The molecule has 1 fully saturated rings. The Hall–Kier alpha value is -1.04. The average molecular weight is 296 g/mol. The highest BCUT2D eigenvalue weighted by molar-refractivity contribution is 7.99. The molecule has 0 atom stereocenters. The summed E-state index contributed by atoms with van der Waals surface area (Å²) < 4.78 is 5.62. The Kier molecular flexibility index (Phi) is 5.88. The minimum absolute atomic E-state index is 0.0701. The minimum Gasteiger partial charge on any atom is -0.461 e. The molecule has 1 aliphatic carbocycles. The van der Waals surface area contributed by atoms with Crippen LogP contribution in [0.3, 0.4) is 0 Å². The van der Waals surface area contributed by atoms with Gasteiger partial charge in [0.2, 0.25) is 5.95 Å². The topological polar surface area (TPSA) is 59.9 Å². The minimum atomic E-state index is 0.0701. The molecule has 5 nitrogen and oxygen atoms in total. The van der Waals surface area contributed by atoms with Crippen molar-refractivity contribution < 1.29 is 4.74 Å². The summed E-state index contributed by atoms with van der Waals surface area (Å²) in [7, 11) is 0. The third-order valence-electron chi connectivity index (χ3n) is 3.04. The Morgan fingerprint density at radius 2 is 2.00 bits per heavy atom. The molecule has 1 saturated carbocycles. The first kappa shape index (κ1) is 15.4. The zero-order valence-electron chi connectivity index (χ0n) is 12.6. The summed E-state index contributed by atoms with van der Waals surface area (Å²) in [5, 5.41) is 4.64.